The number of nitrogens with zero attached hydrogens (tertiary/aromatic N) is 2. The molecule has 0 spiro atoms. The van der Waals surface area contributed by atoms with Crippen LogP contribution in [0.25, 0.3) is 0 Å². The zero-order valence-corrected chi connectivity index (χ0v) is 17.8. The van der Waals surface area contributed by atoms with Crippen LogP contribution >= 0.6 is 12.2 Å². The molecule has 1 heterocycles. The molecule has 1 atom stereocenters. The number of thiocarbonyl (C=S) groups is 1. The summed E-state index contributed by atoms with van der Waals surface area (Å²) in [4.78, 5) is 24.9. The second kappa shape index (κ2) is 8.68. The SMILES string of the molecule is CCOC(=O)C1=C(C)N(c2ccc(C)c(F)c2)C(=S)NC1c1ccc(O)c([N+](=O)[O-])c1. The molecule has 2 aromatic carbocycles. The van der Waals surface area contributed by atoms with E-state index in [1.54, 1.807) is 32.9 Å². The molecule has 10 heteroatoms. The smallest absolute Gasteiger partial charge is 0.338 e. The normalized spacial score (nSPS) is 16.2. The molecule has 1 unspecified atom stereocenters. The first-order chi connectivity index (χ1) is 14.6. The second-order valence-electron chi connectivity index (χ2n) is 6.88. The minimum Gasteiger partial charge on any atom is -0.502 e. The highest BCUT2D eigenvalue weighted by Gasteiger charge is 2.36. The first-order valence-electron chi connectivity index (χ1n) is 9.37. The van der Waals surface area contributed by atoms with Crippen LogP contribution in [-0.2, 0) is 9.53 Å². The third-order valence-electron chi connectivity index (χ3n) is 4.92. The number of carbonyl (C=O) groups is 1. The number of phenols is 1. The zero-order chi connectivity index (χ0) is 22.9. The number of hydrogen-bond donors (Lipinski definition) is 2. The number of esters is 1. The van der Waals surface area contributed by atoms with Gasteiger partial charge < -0.3 is 15.2 Å². The molecule has 0 fully saturated rings. The highest BCUT2D eigenvalue weighted by Crippen LogP contribution is 2.37. The molecule has 0 radical (unpaired) electrons. The fraction of sp³-hybridized carbons (Fsp3) is 0.238. The van der Waals surface area contributed by atoms with Gasteiger partial charge in [-0.25, -0.2) is 9.18 Å². The number of aromatic hydroxyl groups is 1. The maximum atomic E-state index is 14.2. The van der Waals surface area contributed by atoms with Crippen LogP contribution in [0, 0.1) is 22.9 Å². The number of nitro groups is 1. The van der Waals surface area contributed by atoms with Crippen molar-refractivity contribution >= 4 is 34.7 Å². The Morgan fingerprint density at radius 1 is 1.32 bits per heavy atom. The summed E-state index contributed by atoms with van der Waals surface area (Å²) in [6.45, 7) is 5.04. The van der Waals surface area contributed by atoms with Crippen LogP contribution in [0.4, 0.5) is 15.8 Å². The van der Waals surface area contributed by atoms with Crippen molar-refractivity contribution in [3.8, 4) is 5.75 Å². The summed E-state index contributed by atoms with van der Waals surface area (Å²) in [5, 5.41) is 24.2. The second-order valence-corrected chi connectivity index (χ2v) is 7.26. The molecule has 162 valence electrons. The number of anilines is 1. The maximum absolute atomic E-state index is 14.2. The zero-order valence-electron chi connectivity index (χ0n) is 17.0. The predicted octanol–water partition coefficient (Wildman–Crippen LogP) is 4.02. The Bertz CT molecular complexity index is 1120. The van der Waals surface area contributed by atoms with Gasteiger partial charge in [-0.2, -0.15) is 0 Å². The van der Waals surface area contributed by atoms with Crippen molar-refractivity contribution < 1.29 is 24.0 Å². The van der Waals surface area contributed by atoms with Gasteiger partial charge >= 0.3 is 11.7 Å². The quantitative estimate of drug-likeness (QED) is 0.308. The summed E-state index contributed by atoms with van der Waals surface area (Å²) >= 11 is 5.48. The lowest BCUT2D eigenvalue weighted by molar-refractivity contribution is -0.385. The Hall–Kier alpha value is -3.53. The third kappa shape index (κ3) is 4.19. The molecule has 0 saturated heterocycles. The number of aryl methyl sites for hydroxylation is 1. The molecule has 1 aliphatic rings. The Balaban J connectivity index is 2.17. The standard InChI is InChI=1S/C21H20FN3O5S/c1-4-30-20(27)18-12(3)24(14-7-5-11(2)15(22)10-14)21(31)23-19(18)13-6-8-17(26)16(9-13)25(28)29/h5-10,19,26H,4H2,1-3H3,(H,23,31). The van der Waals surface area contributed by atoms with Crippen LogP contribution in [0.2, 0.25) is 0 Å². The van der Waals surface area contributed by atoms with Crippen LogP contribution in [0.1, 0.15) is 31.0 Å². The van der Waals surface area contributed by atoms with Crippen molar-refractivity contribution in [2.45, 2.75) is 26.8 Å². The minimum absolute atomic E-state index is 0.113. The van der Waals surface area contributed by atoms with E-state index in [4.69, 9.17) is 17.0 Å². The molecule has 2 N–H and O–H groups in total. The molecule has 0 bridgehead atoms. The topological polar surface area (TPSA) is 105 Å². The number of carbonyl (C=O) groups excluding carboxylic acids is 1. The van der Waals surface area contributed by atoms with E-state index in [-0.39, 0.29) is 17.3 Å². The van der Waals surface area contributed by atoms with E-state index < -0.39 is 34.2 Å². The average molecular weight is 445 g/mol. The van der Waals surface area contributed by atoms with Crippen molar-refractivity contribution in [3.63, 3.8) is 0 Å². The Labute approximate surface area is 183 Å². The molecule has 0 aromatic heterocycles. The summed E-state index contributed by atoms with van der Waals surface area (Å²) in [6, 6.07) is 7.51. The molecule has 0 aliphatic carbocycles. The van der Waals surface area contributed by atoms with E-state index in [9.17, 15) is 24.4 Å². The van der Waals surface area contributed by atoms with Gasteiger partial charge in [-0.05, 0) is 62.3 Å². The summed E-state index contributed by atoms with van der Waals surface area (Å²) in [5.74, 6) is -1.57. The number of allylic oxidation sites excluding steroid dienone is 1. The van der Waals surface area contributed by atoms with Crippen LogP contribution < -0.4 is 10.2 Å². The maximum Gasteiger partial charge on any atom is 0.338 e. The lowest BCUT2D eigenvalue weighted by Gasteiger charge is -2.37. The van der Waals surface area contributed by atoms with Crippen molar-refractivity contribution in [1.82, 2.24) is 5.32 Å². The number of phenolic OH excluding ortho intramolecular Hbond substituents is 1. The van der Waals surface area contributed by atoms with Gasteiger partial charge in [0.05, 0.1) is 28.8 Å². The Kier molecular flexibility index (Phi) is 6.21. The van der Waals surface area contributed by atoms with Gasteiger partial charge in [-0.3, -0.25) is 15.0 Å². The molecule has 31 heavy (non-hydrogen) atoms. The summed E-state index contributed by atoms with van der Waals surface area (Å²) in [7, 11) is 0. The van der Waals surface area contributed by atoms with E-state index in [1.807, 2.05) is 0 Å². The fourth-order valence-corrected chi connectivity index (χ4v) is 3.72. The molecular formula is C21H20FN3O5S. The third-order valence-corrected chi connectivity index (χ3v) is 5.22. The van der Waals surface area contributed by atoms with Gasteiger partial charge in [0.25, 0.3) is 0 Å². The number of ether oxygens (including phenoxy) is 1. The summed E-state index contributed by atoms with van der Waals surface area (Å²) in [6.07, 6.45) is 0. The molecule has 2 aromatic rings. The van der Waals surface area contributed by atoms with Crippen molar-refractivity contribution in [1.29, 1.82) is 0 Å². The molecule has 8 nitrogen and oxygen atoms in total. The molecule has 0 amide bonds. The van der Waals surface area contributed by atoms with E-state index in [0.29, 0.717) is 22.5 Å². The minimum atomic E-state index is -0.864. The largest absolute Gasteiger partial charge is 0.502 e. The van der Waals surface area contributed by atoms with E-state index >= 15 is 0 Å². The molecule has 3 rings (SSSR count). The van der Waals surface area contributed by atoms with Gasteiger partial charge in [-0.15, -0.1) is 0 Å². The van der Waals surface area contributed by atoms with Crippen LogP contribution in [0.15, 0.2) is 47.7 Å². The fourth-order valence-electron chi connectivity index (χ4n) is 3.36. The highest BCUT2D eigenvalue weighted by atomic mass is 32.1. The monoisotopic (exact) mass is 445 g/mol. The van der Waals surface area contributed by atoms with E-state index in [1.165, 1.54) is 29.2 Å². The summed E-state index contributed by atoms with van der Waals surface area (Å²) < 4.78 is 19.4. The number of benzene rings is 2. The van der Waals surface area contributed by atoms with Crippen LogP contribution in [0.3, 0.4) is 0 Å². The van der Waals surface area contributed by atoms with Gasteiger partial charge in [0.15, 0.2) is 10.9 Å². The van der Waals surface area contributed by atoms with Crippen molar-refractivity contribution in [2.24, 2.45) is 0 Å². The number of halogens is 1. The average Bonchev–Trinajstić information content (AvgIpc) is 2.70. The van der Waals surface area contributed by atoms with Gasteiger partial charge in [-0.1, -0.05) is 12.1 Å². The summed E-state index contributed by atoms with van der Waals surface area (Å²) in [5.41, 5.74) is 1.26. The van der Waals surface area contributed by atoms with Gasteiger partial charge in [0, 0.05) is 11.8 Å². The number of rotatable bonds is 5. The van der Waals surface area contributed by atoms with Crippen molar-refractivity contribution in [2.75, 3.05) is 11.5 Å². The first kappa shape index (κ1) is 22.2. The molecule has 1 aliphatic heterocycles. The van der Waals surface area contributed by atoms with Crippen molar-refractivity contribution in [3.05, 3.63) is 74.7 Å². The number of nitro benzene ring substituents is 1. The number of hydrogen-bond acceptors (Lipinski definition) is 6. The lowest BCUT2D eigenvalue weighted by Crippen LogP contribution is -2.48. The lowest BCUT2D eigenvalue weighted by atomic mass is 9.94. The Morgan fingerprint density at radius 3 is 2.65 bits per heavy atom. The number of nitrogens with one attached hydrogen (secondary N) is 1. The van der Waals surface area contributed by atoms with E-state index in [0.717, 1.165) is 0 Å². The van der Waals surface area contributed by atoms with Gasteiger partial charge in [0.1, 0.15) is 5.82 Å². The first-order valence-corrected chi connectivity index (χ1v) is 9.78. The predicted molar refractivity (Wildman–Crippen MR) is 116 cm³/mol. The molecule has 0 saturated carbocycles. The Morgan fingerprint density at radius 2 is 2.03 bits per heavy atom. The highest BCUT2D eigenvalue weighted by molar-refractivity contribution is 7.80. The van der Waals surface area contributed by atoms with Gasteiger partial charge in [0.2, 0.25) is 0 Å². The van der Waals surface area contributed by atoms with Crippen LogP contribution in [-0.4, -0.2) is 27.7 Å². The van der Waals surface area contributed by atoms with E-state index in [2.05, 4.69) is 5.32 Å². The van der Waals surface area contributed by atoms with Crippen LogP contribution in [0.5, 0.6) is 5.75 Å². The molecular weight excluding hydrogens is 425 g/mol.